The molecule has 0 bridgehead atoms. The number of aliphatic hydroxyl groups is 1. The lowest BCUT2D eigenvalue weighted by molar-refractivity contribution is 0.305. The first kappa shape index (κ1) is 13.1. The van der Waals surface area contributed by atoms with Crippen LogP contribution in [0.4, 0.5) is 0 Å². The van der Waals surface area contributed by atoms with Crippen molar-refractivity contribution in [2.45, 2.75) is 13.5 Å². The number of hydrogen-bond donors (Lipinski definition) is 1. The number of nitrogens with zero attached hydrogens (tertiary/aromatic N) is 1. The minimum atomic E-state index is -0.139. The molecule has 0 aliphatic carbocycles. The third-order valence-electron chi connectivity index (χ3n) is 2.48. The van der Waals surface area contributed by atoms with Crippen LogP contribution in [-0.4, -0.2) is 16.7 Å². The fraction of sp³-hybridized carbons (Fsp3) is 0.188. The smallest absolute Gasteiger partial charge is 0.121 e. The van der Waals surface area contributed by atoms with Crippen molar-refractivity contribution in [2.24, 2.45) is 0 Å². The maximum Gasteiger partial charge on any atom is 0.121 e. The van der Waals surface area contributed by atoms with E-state index >= 15 is 0 Å². The summed E-state index contributed by atoms with van der Waals surface area (Å²) in [5.41, 5.74) is 2.98. The molecule has 3 nitrogen and oxygen atoms in total. The topological polar surface area (TPSA) is 42.4 Å². The Balaban J connectivity index is 2.03. The zero-order valence-corrected chi connectivity index (χ0v) is 10.8. The molecule has 19 heavy (non-hydrogen) atoms. The molecule has 0 saturated carbocycles. The summed E-state index contributed by atoms with van der Waals surface area (Å²) in [4.78, 5) is 4.12. The van der Waals surface area contributed by atoms with E-state index in [0.29, 0.717) is 6.61 Å². The molecule has 1 heterocycles. The van der Waals surface area contributed by atoms with Crippen molar-refractivity contribution in [3.63, 3.8) is 0 Å². The number of rotatable bonds is 3. The Morgan fingerprint density at radius 2 is 2.16 bits per heavy atom. The molecule has 1 aromatic carbocycles. The predicted molar refractivity (Wildman–Crippen MR) is 73.7 cm³/mol. The van der Waals surface area contributed by atoms with E-state index in [9.17, 15) is 0 Å². The summed E-state index contributed by atoms with van der Waals surface area (Å²) in [7, 11) is 0. The second-order valence-electron chi connectivity index (χ2n) is 4.15. The van der Waals surface area contributed by atoms with Gasteiger partial charge in [0, 0.05) is 23.5 Å². The van der Waals surface area contributed by atoms with E-state index in [4.69, 9.17) is 9.84 Å². The van der Waals surface area contributed by atoms with Crippen LogP contribution in [0.5, 0.6) is 5.75 Å². The number of aryl methyl sites for hydroxylation is 1. The van der Waals surface area contributed by atoms with Gasteiger partial charge in [0.05, 0.1) is 0 Å². The fourth-order valence-corrected chi connectivity index (χ4v) is 1.67. The monoisotopic (exact) mass is 253 g/mol. The molecule has 0 radical (unpaired) electrons. The van der Waals surface area contributed by atoms with Gasteiger partial charge >= 0.3 is 0 Å². The van der Waals surface area contributed by atoms with Gasteiger partial charge in [-0.15, -0.1) is 0 Å². The van der Waals surface area contributed by atoms with E-state index < -0.39 is 0 Å². The molecular weight excluding hydrogens is 238 g/mol. The second-order valence-corrected chi connectivity index (χ2v) is 4.15. The maximum atomic E-state index is 8.66. The number of ether oxygens (including phenoxy) is 1. The summed E-state index contributed by atoms with van der Waals surface area (Å²) in [6, 6.07) is 9.54. The Kier molecular flexibility index (Phi) is 4.54. The van der Waals surface area contributed by atoms with Crippen LogP contribution < -0.4 is 4.74 Å². The Hall–Kier alpha value is -2.31. The minimum Gasteiger partial charge on any atom is -0.489 e. The number of aromatic nitrogens is 1. The first-order chi connectivity index (χ1) is 9.28. The Bertz CT molecular complexity index is 611. The van der Waals surface area contributed by atoms with E-state index in [-0.39, 0.29) is 6.61 Å². The molecule has 0 fully saturated rings. The molecule has 96 valence electrons. The molecule has 0 saturated heterocycles. The van der Waals surface area contributed by atoms with E-state index in [0.717, 1.165) is 22.4 Å². The molecular formula is C16H15NO2. The van der Waals surface area contributed by atoms with Crippen molar-refractivity contribution in [3.8, 4) is 17.6 Å². The van der Waals surface area contributed by atoms with Gasteiger partial charge in [0.2, 0.25) is 0 Å². The second kappa shape index (κ2) is 6.58. The molecule has 1 N–H and O–H groups in total. The largest absolute Gasteiger partial charge is 0.489 e. The maximum absolute atomic E-state index is 8.66. The lowest BCUT2D eigenvalue weighted by Crippen LogP contribution is -1.96. The van der Waals surface area contributed by atoms with Gasteiger partial charge < -0.3 is 9.84 Å². The van der Waals surface area contributed by atoms with Gasteiger partial charge in [0.25, 0.3) is 0 Å². The van der Waals surface area contributed by atoms with Gasteiger partial charge in [0.15, 0.2) is 0 Å². The number of pyridine rings is 1. The lowest BCUT2D eigenvalue weighted by Gasteiger charge is -2.06. The highest BCUT2D eigenvalue weighted by molar-refractivity contribution is 5.39. The van der Waals surface area contributed by atoms with Gasteiger partial charge in [-0.2, -0.15) is 0 Å². The first-order valence-electron chi connectivity index (χ1n) is 6.01. The molecule has 0 atom stereocenters. The van der Waals surface area contributed by atoms with E-state index in [2.05, 4.69) is 16.8 Å². The summed E-state index contributed by atoms with van der Waals surface area (Å²) >= 11 is 0. The number of benzene rings is 1. The van der Waals surface area contributed by atoms with E-state index in [1.54, 1.807) is 6.20 Å². The minimum absolute atomic E-state index is 0.139. The quantitative estimate of drug-likeness (QED) is 0.854. The van der Waals surface area contributed by atoms with Crippen LogP contribution in [0.2, 0.25) is 0 Å². The van der Waals surface area contributed by atoms with Crippen molar-refractivity contribution < 1.29 is 9.84 Å². The summed E-state index contributed by atoms with van der Waals surface area (Å²) in [5.74, 6) is 6.22. The van der Waals surface area contributed by atoms with Crippen molar-refractivity contribution >= 4 is 0 Å². The molecule has 0 spiro atoms. The molecule has 0 amide bonds. The average molecular weight is 253 g/mol. The highest BCUT2D eigenvalue weighted by atomic mass is 16.5. The van der Waals surface area contributed by atoms with Crippen LogP contribution in [0.3, 0.4) is 0 Å². The summed E-state index contributed by atoms with van der Waals surface area (Å²) in [6.07, 6.45) is 3.61. The van der Waals surface area contributed by atoms with Crippen molar-refractivity contribution in [1.82, 2.24) is 4.98 Å². The third kappa shape index (κ3) is 4.13. The van der Waals surface area contributed by atoms with Crippen molar-refractivity contribution in [2.75, 3.05) is 6.61 Å². The van der Waals surface area contributed by atoms with Gasteiger partial charge in [-0.25, -0.2) is 0 Å². The highest BCUT2D eigenvalue weighted by Crippen LogP contribution is 2.14. The van der Waals surface area contributed by atoms with Gasteiger partial charge in [-0.3, -0.25) is 4.98 Å². The van der Waals surface area contributed by atoms with Crippen molar-refractivity contribution in [1.29, 1.82) is 0 Å². The van der Waals surface area contributed by atoms with Crippen LogP contribution in [0, 0.1) is 18.8 Å². The van der Waals surface area contributed by atoms with Crippen LogP contribution in [0.15, 0.2) is 42.7 Å². The molecule has 1 aromatic heterocycles. The third-order valence-corrected chi connectivity index (χ3v) is 2.48. The van der Waals surface area contributed by atoms with Crippen LogP contribution in [0.1, 0.15) is 16.7 Å². The van der Waals surface area contributed by atoms with E-state index in [1.165, 1.54) is 0 Å². The van der Waals surface area contributed by atoms with Gasteiger partial charge in [-0.1, -0.05) is 17.9 Å². The average Bonchev–Trinajstić information content (AvgIpc) is 2.43. The lowest BCUT2D eigenvalue weighted by atomic mass is 10.2. The van der Waals surface area contributed by atoms with Crippen LogP contribution >= 0.6 is 0 Å². The fourth-order valence-electron chi connectivity index (χ4n) is 1.67. The van der Waals surface area contributed by atoms with Gasteiger partial charge in [-0.05, 0) is 36.8 Å². The molecule has 0 aliphatic rings. The molecule has 0 unspecified atom stereocenters. The Morgan fingerprint density at radius 3 is 2.95 bits per heavy atom. The predicted octanol–water partition coefficient (Wildman–Crippen LogP) is 2.31. The Labute approximate surface area is 112 Å². The molecule has 2 aromatic rings. The molecule has 3 heteroatoms. The van der Waals surface area contributed by atoms with Crippen molar-refractivity contribution in [3.05, 3.63) is 59.4 Å². The standard InChI is InChI=1S/C16H15NO2/c1-13-8-15(11-17-10-13)12-19-16-6-2-4-14(9-16)5-3-7-18/h2,4,6,8-11,18H,7,12H2,1H3. The summed E-state index contributed by atoms with van der Waals surface area (Å²) in [5, 5.41) is 8.66. The summed E-state index contributed by atoms with van der Waals surface area (Å²) in [6.45, 7) is 2.34. The van der Waals surface area contributed by atoms with E-state index in [1.807, 2.05) is 43.5 Å². The normalized spacial score (nSPS) is 9.58. The number of aliphatic hydroxyl groups excluding tert-OH is 1. The molecule has 0 aliphatic heterocycles. The molecule has 2 rings (SSSR count). The Morgan fingerprint density at radius 1 is 1.26 bits per heavy atom. The van der Waals surface area contributed by atoms with Gasteiger partial charge in [0.1, 0.15) is 19.0 Å². The number of hydrogen-bond acceptors (Lipinski definition) is 3. The zero-order chi connectivity index (χ0) is 13.5. The summed E-state index contributed by atoms with van der Waals surface area (Å²) < 4.78 is 5.70. The van der Waals surface area contributed by atoms with Crippen LogP contribution in [0.25, 0.3) is 0 Å². The SMILES string of the molecule is Cc1cncc(COc2cccc(C#CCO)c2)c1. The highest BCUT2D eigenvalue weighted by Gasteiger charge is 1.98. The zero-order valence-electron chi connectivity index (χ0n) is 10.8. The van der Waals surface area contributed by atoms with Crippen LogP contribution in [-0.2, 0) is 6.61 Å². The first-order valence-corrected chi connectivity index (χ1v) is 6.01.